The van der Waals surface area contributed by atoms with E-state index >= 15 is 0 Å². The van der Waals surface area contributed by atoms with Crippen LogP contribution in [0.5, 0.6) is 0 Å². The van der Waals surface area contributed by atoms with E-state index in [0.717, 1.165) is 0 Å². The Bertz CT molecular complexity index is 306. The van der Waals surface area contributed by atoms with Gasteiger partial charge in [-0.25, -0.2) is 19.6 Å². The van der Waals surface area contributed by atoms with Crippen molar-refractivity contribution in [3.63, 3.8) is 0 Å². The first-order valence-electron chi connectivity index (χ1n) is 4.93. The third-order valence-corrected chi connectivity index (χ3v) is 2.66. The van der Waals surface area contributed by atoms with E-state index in [1.54, 1.807) is 6.92 Å². The first kappa shape index (κ1) is 14.2. The highest BCUT2D eigenvalue weighted by atomic mass is 16.4. The summed E-state index contributed by atoms with van der Waals surface area (Å²) < 4.78 is 0. The van der Waals surface area contributed by atoms with Crippen LogP contribution in [0.3, 0.4) is 0 Å². The van der Waals surface area contributed by atoms with E-state index < -0.39 is 11.4 Å². The molecule has 0 aromatic carbocycles. The number of hydrogen-bond acceptors (Lipinski definition) is 5. The van der Waals surface area contributed by atoms with Gasteiger partial charge in [0.15, 0.2) is 0 Å². The number of carboxylic acids is 1. The SMILES string of the molecule is CCC(CCN=C=O)(CCN=C=O)C(=O)O. The fourth-order valence-electron chi connectivity index (χ4n) is 1.47. The number of carboxylic acid groups (broad SMARTS) is 1. The Morgan fingerprint density at radius 1 is 1.19 bits per heavy atom. The lowest BCUT2D eigenvalue weighted by molar-refractivity contribution is -0.149. The second kappa shape index (κ2) is 7.51. The van der Waals surface area contributed by atoms with Crippen LogP contribution in [0, 0.1) is 5.41 Å². The molecule has 0 spiro atoms. The molecule has 16 heavy (non-hydrogen) atoms. The largest absolute Gasteiger partial charge is 0.481 e. The molecule has 88 valence electrons. The Morgan fingerprint density at radius 3 is 1.88 bits per heavy atom. The van der Waals surface area contributed by atoms with Gasteiger partial charge in [0, 0.05) is 0 Å². The third-order valence-electron chi connectivity index (χ3n) is 2.66. The van der Waals surface area contributed by atoms with Crippen LogP contribution in [-0.4, -0.2) is 36.3 Å². The van der Waals surface area contributed by atoms with Gasteiger partial charge in [-0.15, -0.1) is 0 Å². The maximum Gasteiger partial charge on any atom is 0.309 e. The second-order valence-electron chi connectivity index (χ2n) is 3.39. The highest BCUT2D eigenvalue weighted by Gasteiger charge is 2.35. The number of aliphatic carboxylic acids is 1. The number of nitrogens with zero attached hydrogens (tertiary/aromatic N) is 2. The lowest BCUT2D eigenvalue weighted by Crippen LogP contribution is -2.32. The molecule has 0 saturated heterocycles. The molecular formula is C10H14N2O4. The summed E-state index contributed by atoms with van der Waals surface area (Å²) in [4.78, 5) is 37.6. The third kappa shape index (κ3) is 4.17. The summed E-state index contributed by atoms with van der Waals surface area (Å²) in [6.45, 7) is 1.98. The first-order chi connectivity index (χ1) is 7.63. The molecule has 0 aromatic rings. The summed E-state index contributed by atoms with van der Waals surface area (Å²) in [7, 11) is 0. The Balaban J connectivity index is 4.62. The highest BCUT2D eigenvalue weighted by Crippen LogP contribution is 2.31. The Kier molecular flexibility index (Phi) is 6.68. The molecule has 6 heteroatoms. The Hall–Kier alpha value is -1.77. The minimum atomic E-state index is -0.985. The van der Waals surface area contributed by atoms with E-state index in [2.05, 4.69) is 9.98 Å². The van der Waals surface area contributed by atoms with Gasteiger partial charge in [0.2, 0.25) is 12.2 Å². The van der Waals surface area contributed by atoms with Crippen molar-refractivity contribution < 1.29 is 19.5 Å². The van der Waals surface area contributed by atoms with Crippen molar-refractivity contribution in [2.75, 3.05) is 13.1 Å². The van der Waals surface area contributed by atoms with Crippen LogP contribution in [0.4, 0.5) is 0 Å². The zero-order valence-corrected chi connectivity index (χ0v) is 9.10. The van der Waals surface area contributed by atoms with Crippen molar-refractivity contribution in [2.24, 2.45) is 15.4 Å². The fourth-order valence-corrected chi connectivity index (χ4v) is 1.47. The van der Waals surface area contributed by atoms with Crippen LogP contribution in [0.1, 0.15) is 26.2 Å². The van der Waals surface area contributed by atoms with Gasteiger partial charge in [-0.3, -0.25) is 4.79 Å². The van der Waals surface area contributed by atoms with Gasteiger partial charge in [-0.05, 0) is 19.3 Å². The number of isocyanates is 2. The molecule has 0 aromatic heterocycles. The zero-order valence-electron chi connectivity index (χ0n) is 9.10. The molecule has 6 nitrogen and oxygen atoms in total. The van der Waals surface area contributed by atoms with Crippen LogP contribution >= 0.6 is 0 Å². The summed E-state index contributed by atoms with van der Waals surface area (Å²) in [5.74, 6) is -0.961. The van der Waals surface area contributed by atoms with Crippen molar-refractivity contribution in [2.45, 2.75) is 26.2 Å². The molecule has 0 amide bonds. The lowest BCUT2D eigenvalue weighted by Gasteiger charge is -2.26. The van der Waals surface area contributed by atoms with Crippen molar-refractivity contribution in [3.8, 4) is 0 Å². The molecule has 0 heterocycles. The molecular weight excluding hydrogens is 212 g/mol. The molecule has 0 aliphatic heterocycles. The van der Waals surface area contributed by atoms with Crippen molar-refractivity contribution in [3.05, 3.63) is 0 Å². The Labute approximate surface area is 93.1 Å². The van der Waals surface area contributed by atoms with Gasteiger partial charge < -0.3 is 5.11 Å². The normalized spacial score (nSPS) is 13.1. The van der Waals surface area contributed by atoms with E-state index in [1.165, 1.54) is 12.2 Å². The molecule has 0 saturated carbocycles. The quantitative estimate of drug-likeness (QED) is 0.491. The van der Waals surface area contributed by atoms with Gasteiger partial charge in [0.25, 0.3) is 0 Å². The molecule has 0 atom stereocenters. The summed E-state index contributed by atoms with van der Waals surface area (Å²) in [6.07, 6.45) is 3.60. The maximum absolute atomic E-state index is 11.2. The van der Waals surface area contributed by atoms with E-state index in [-0.39, 0.29) is 25.9 Å². The van der Waals surface area contributed by atoms with Crippen LogP contribution in [0.25, 0.3) is 0 Å². The summed E-state index contributed by atoms with van der Waals surface area (Å²) in [5.41, 5.74) is -0.985. The first-order valence-corrected chi connectivity index (χ1v) is 4.93. The van der Waals surface area contributed by atoms with E-state index in [0.29, 0.717) is 6.42 Å². The molecule has 0 aliphatic carbocycles. The van der Waals surface area contributed by atoms with Crippen LogP contribution in [0.2, 0.25) is 0 Å². The highest BCUT2D eigenvalue weighted by molar-refractivity contribution is 5.74. The minimum absolute atomic E-state index is 0.119. The average molecular weight is 226 g/mol. The standard InChI is InChI=1S/C10H14N2O4/c1-2-10(9(15)16,3-5-11-7-13)4-6-12-8-14/h2-6H2,1H3,(H,15,16). The van der Waals surface area contributed by atoms with Gasteiger partial charge in [-0.1, -0.05) is 6.92 Å². The predicted octanol–water partition coefficient (Wildman–Crippen LogP) is 0.919. The zero-order chi connectivity index (χ0) is 12.4. The van der Waals surface area contributed by atoms with Crippen molar-refractivity contribution >= 4 is 18.1 Å². The van der Waals surface area contributed by atoms with Gasteiger partial charge in [0.1, 0.15) is 0 Å². The number of aliphatic imine (C=N–C) groups is 2. The molecule has 0 aliphatic rings. The molecule has 0 unspecified atom stereocenters. The number of rotatable bonds is 8. The molecule has 0 fully saturated rings. The van der Waals surface area contributed by atoms with Gasteiger partial charge in [0.05, 0.1) is 18.5 Å². The molecule has 1 N–H and O–H groups in total. The van der Waals surface area contributed by atoms with Crippen LogP contribution in [-0.2, 0) is 14.4 Å². The lowest BCUT2D eigenvalue weighted by atomic mass is 9.78. The van der Waals surface area contributed by atoms with Crippen molar-refractivity contribution in [1.29, 1.82) is 0 Å². The van der Waals surface area contributed by atoms with Crippen LogP contribution in [0.15, 0.2) is 9.98 Å². The number of carbonyl (C=O) groups excluding carboxylic acids is 2. The summed E-state index contributed by atoms with van der Waals surface area (Å²) >= 11 is 0. The monoisotopic (exact) mass is 226 g/mol. The summed E-state index contributed by atoms with van der Waals surface area (Å²) in [6, 6.07) is 0. The van der Waals surface area contributed by atoms with E-state index in [9.17, 15) is 14.4 Å². The predicted molar refractivity (Wildman–Crippen MR) is 55.6 cm³/mol. The average Bonchev–Trinajstić information content (AvgIpc) is 2.27. The maximum atomic E-state index is 11.2. The van der Waals surface area contributed by atoms with Crippen LogP contribution < -0.4 is 0 Å². The van der Waals surface area contributed by atoms with E-state index in [1.807, 2.05) is 0 Å². The summed E-state index contributed by atoms with van der Waals surface area (Å²) in [5, 5.41) is 9.14. The fraction of sp³-hybridized carbons (Fsp3) is 0.700. The van der Waals surface area contributed by atoms with Gasteiger partial charge >= 0.3 is 5.97 Å². The van der Waals surface area contributed by atoms with Gasteiger partial charge in [-0.2, -0.15) is 0 Å². The van der Waals surface area contributed by atoms with Crippen molar-refractivity contribution in [1.82, 2.24) is 0 Å². The molecule has 0 radical (unpaired) electrons. The second-order valence-corrected chi connectivity index (χ2v) is 3.39. The smallest absolute Gasteiger partial charge is 0.309 e. The Morgan fingerprint density at radius 2 is 1.62 bits per heavy atom. The topological polar surface area (TPSA) is 96.2 Å². The number of carbonyl (C=O) groups is 1. The molecule has 0 rings (SSSR count). The number of hydrogen-bond donors (Lipinski definition) is 1. The minimum Gasteiger partial charge on any atom is -0.481 e. The molecule has 0 bridgehead atoms. The van der Waals surface area contributed by atoms with E-state index in [4.69, 9.17) is 5.11 Å².